The molecule has 0 bridgehead atoms. The fraction of sp³-hybridized carbons (Fsp3) is 0.522. The summed E-state index contributed by atoms with van der Waals surface area (Å²) in [6, 6.07) is 9.62. The molecule has 32 heavy (non-hydrogen) atoms. The molecule has 2 N–H and O–H groups in total. The van der Waals surface area contributed by atoms with Crippen LogP contribution in [0.1, 0.15) is 62.6 Å². The SMILES string of the molecule is CC(C)(C)OC(=O)[N@+]1(N)C[C@H](c2ccc(C#N)c(C#N)c2)C[C@H]1C(=O)N1CCCC1C#N. The van der Waals surface area contributed by atoms with Gasteiger partial charge in [0.25, 0.3) is 5.91 Å². The van der Waals surface area contributed by atoms with E-state index in [2.05, 4.69) is 6.07 Å². The largest absolute Gasteiger partial charge is 0.536 e. The number of nitriles is 3. The molecular weight excluding hydrogens is 408 g/mol. The third-order valence-corrected chi connectivity index (χ3v) is 6.05. The highest BCUT2D eigenvalue weighted by atomic mass is 16.6. The van der Waals surface area contributed by atoms with Gasteiger partial charge >= 0.3 is 6.09 Å². The van der Waals surface area contributed by atoms with Crippen molar-refractivity contribution in [1.29, 1.82) is 15.8 Å². The van der Waals surface area contributed by atoms with Crippen molar-refractivity contribution in [3.05, 3.63) is 34.9 Å². The van der Waals surface area contributed by atoms with Crippen LogP contribution in [0.15, 0.2) is 18.2 Å². The summed E-state index contributed by atoms with van der Waals surface area (Å²) in [7, 11) is 0. The van der Waals surface area contributed by atoms with Crippen molar-refractivity contribution < 1.29 is 18.9 Å². The Morgan fingerprint density at radius 3 is 2.47 bits per heavy atom. The lowest BCUT2D eigenvalue weighted by Crippen LogP contribution is -2.66. The Bertz CT molecular complexity index is 1060. The smallest absolute Gasteiger partial charge is 0.413 e. The summed E-state index contributed by atoms with van der Waals surface area (Å²) < 4.78 is 4.84. The van der Waals surface area contributed by atoms with Gasteiger partial charge in [0.05, 0.1) is 17.2 Å². The number of rotatable bonds is 2. The van der Waals surface area contributed by atoms with Gasteiger partial charge in [-0.25, -0.2) is 0 Å². The maximum atomic E-state index is 13.5. The first-order valence-electron chi connectivity index (χ1n) is 10.6. The fourth-order valence-corrected chi connectivity index (χ4v) is 4.47. The van der Waals surface area contributed by atoms with E-state index in [0.717, 1.165) is 12.0 Å². The first kappa shape index (κ1) is 23.2. The summed E-state index contributed by atoms with van der Waals surface area (Å²) in [5.41, 5.74) is 0.428. The van der Waals surface area contributed by atoms with Gasteiger partial charge in [0.1, 0.15) is 30.3 Å². The van der Waals surface area contributed by atoms with Crippen molar-refractivity contribution in [2.45, 2.75) is 63.6 Å². The molecule has 166 valence electrons. The van der Waals surface area contributed by atoms with Crippen LogP contribution in [0.25, 0.3) is 0 Å². The molecule has 0 aliphatic carbocycles. The second-order valence-electron chi connectivity index (χ2n) is 9.39. The van der Waals surface area contributed by atoms with Gasteiger partial charge in [0.2, 0.25) is 0 Å². The van der Waals surface area contributed by atoms with E-state index >= 15 is 0 Å². The predicted octanol–water partition coefficient (Wildman–Crippen LogP) is 2.43. The number of ether oxygens (including phenoxy) is 1. The van der Waals surface area contributed by atoms with E-state index in [9.17, 15) is 25.4 Å². The van der Waals surface area contributed by atoms with E-state index in [1.54, 1.807) is 39.0 Å². The molecular formula is C23H27N6O3+. The lowest BCUT2D eigenvalue weighted by atomic mass is 9.93. The number of hydrogen-bond donors (Lipinski definition) is 1. The van der Waals surface area contributed by atoms with Crippen molar-refractivity contribution in [2.24, 2.45) is 5.84 Å². The van der Waals surface area contributed by atoms with Crippen LogP contribution in [0.4, 0.5) is 4.79 Å². The summed E-state index contributed by atoms with van der Waals surface area (Å²) in [6.07, 6.45) is 0.870. The minimum absolute atomic E-state index is 0.104. The molecule has 1 aromatic rings. The van der Waals surface area contributed by atoms with Gasteiger partial charge in [0, 0.05) is 18.9 Å². The first-order valence-corrected chi connectivity index (χ1v) is 10.6. The molecule has 2 aliphatic heterocycles. The summed E-state index contributed by atoms with van der Waals surface area (Å²) in [6.45, 7) is 5.74. The summed E-state index contributed by atoms with van der Waals surface area (Å²) in [5.74, 6) is 5.94. The standard InChI is InChI=1S/C23H27N6O3/c1-23(2,3)32-22(31)29(27)14-18(15-6-7-16(11-24)17(9-15)12-25)10-20(29)21(30)28-8-4-5-19(28)13-26/h6-7,9,18-20H,4-5,8,10,14,27H2,1-3H3/q+1/t18-,19?,20+,29+/m1/s1. The molecule has 2 fully saturated rings. The molecule has 4 atom stereocenters. The van der Waals surface area contributed by atoms with Gasteiger partial charge < -0.3 is 9.64 Å². The molecule has 2 amide bonds. The van der Waals surface area contributed by atoms with Crippen LogP contribution in [0.3, 0.4) is 0 Å². The number of nitrogens with two attached hydrogens (primary N) is 1. The molecule has 9 nitrogen and oxygen atoms in total. The molecule has 3 rings (SSSR count). The van der Waals surface area contributed by atoms with Crippen molar-refractivity contribution >= 4 is 12.0 Å². The number of hydrogen-bond acceptors (Lipinski definition) is 7. The zero-order valence-corrected chi connectivity index (χ0v) is 18.5. The van der Waals surface area contributed by atoms with E-state index in [0.29, 0.717) is 13.0 Å². The van der Waals surface area contributed by atoms with Gasteiger partial charge in [0.15, 0.2) is 6.04 Å². The van der Waals surface area contributed by atoms with Crippen molar-refractivity contribution in [1.82, 2.24) is 4.90 Å². The second kappa shape index (κ2) is 8.59. The highest BCUT2D eigenvalue weighted by Crippen LogP contribution is 2.38. The highest BCUT2D eigenvalue weighted by molar-refractivity contribution is 5.84. The number of benzene rings is 1. The lowest BCUT2D eigenvalue weighted by Gasteiger charge is -2.34. The van der Waals surface area contributed by atoms with Crippen molar-refractivity contribution in [2.75, 3.05) is 13.1 Å². The Hall–Kier alpha value is -3.45. The van der Waals surface area contributed by atoms with Crippen LogP contribution in [-0.4, -0.2) is 52.3 Å². The molecule has 0 radical (unpaired) electrons. The molecule has 1 unspecified atom stereocenters. The average molecular weight is 436 g/mol. The fourth-order valence-electron chi connectivity index (χ4n) is 4.47. The molecule has 2 heterocycles. The van der Waals surface area contributed by atoms with Crippen molar-refractivity contribution in [3.63, 3.8) is 0 Å². The van der Waals surface area contributed by atoms with Crippen LogP contribution >= 0.6 is 0 Å². The van der Waals surface area contributed by atoms with E-state index < -0.39 is 28.4 Å². The minimum atomic E-state index is -0.912. The Morgan fingerprint density at radius 2 is 1.88 bits per heavy atom. The molecule has 0 saturated carbocycles. The number of amides is 2. The van der Waals surface area contributed by atoms with E-state index in [-0.39, 0.29) is 35.9 Å². The highest BCUT2D eigenvalue weighted by Gasteiger charge is 2.58. The van der Waals surface area contributed by atoms with Gasteiger partial charge in [-0.2, -0.15) is 26.4 Å². The van der Waals surface area contributed by atoms with Gasteiger partial charge in [-0.1, -0.05) is 6.07 Å². The Kier molecular flexibility index (Phi) is 6.23. The summed E-state index contributed by atoms with van der Waals surface area (Å²) >= 11 is 0. The van der Waals surface area contributed by atoms with E-state index in [1.165, 1.54) is 4.90 Å². The zero-order valence-electron chi connectivity index (χ0n) is 18.5. The van der Waals surface area contributed by atoms with Crippen LogP contribution < -0.4 is 5.84 Å². The van der Waals surface area contributed by atoms with E-state index in [1.807, 2.05) is 12.1 Å². The molecule has 1 aromatic carbocycles. The van der Waals surface area contributed by atoms with Gasteiger partial charge in [-0.3, -0.25) is 4.79 Å². The topological polar surface area (TPSA) is 144 Å². The Labute approximate surface area is 187 Å². The first-order chi connectivity index (χ1) is 15.0. The quantitative estimate of drug-likeness (QED) is 0.427. The third-order valence-electron chi connectivity index (χ3n) is 6.05. The number of likely N-dealkylation sites (tertiary alicyclic amines) is 2. The molecule has 9 heteroatoms. The van der Waals surface area contributed by atoms with E-state index in [4.69, 9.17) is 10.6 Å². The maximum Gasteiger partial charge on any atom is 0.536 e. The van der Waals surface area contributed by atoms with Crippen molar-refractivity contribution in [3.8, 4) is 18.2 Å². The van der Waals surface area contributed by atoms with Gasteiger partial charge in [-0.15, -0.1) is 4.59 Å². The Morgan fingerprint density at radius 1 is 1.19 bits per heavy atom. The second-order valence-corrected chi connectivity index (χ2v) is 9.39. The summed E-state index contributed by atoms with van der Waals surface area (Å²) in [4.78, 5) is 28.1. The third kappa shape index (κ3) is 4.29. The van der Waals surface area contributed by atoms with Gasteiger partial charge in [-0.05, 0) is 51.3 Å². The normalized spacial score (nSPS) is 27.3. The lowest BCUT2D eigenvalue weighted by molar-refractivity contribution is -0.874. The monoisotopic (exact) mass is 435 g/mol. The molecule has 2 saturated heterocycles. The number of nitrogens with zero attached hydrogens (tertiary/aromatic N) is 5. The zero-order chi connectivity index (χ0) is 23.7. The molecule has 0 spiro atoms. The predicted molar refractivity (Wildman–Crippen MR) is 113 cm³/mol. The number of carbonyl (C=O) groups is 2. The molecule has 0 aromatic heterocycles. The van der Waals surface area contributed by atoms with Crippen LogP contribution in [-0.2, 0) is 9.53 Å². The average Bonchev–Trinajstić information content (AvgIpc) is 3.36. The molecule has 2 aliphatic rings. The van der Waals surface area contributed by atoms with Crippen LogP contribution in [0.2, 0.25) is 0 Å². The number of carbonyl (C=O) groups excluding carboxylic acids is 2. The number of quaternary nitrogens is 1. The van der Waals surface area contributed by atoms with Crippen LogP contribution in [0.5, 0.6) is 0 Å². The summed E-state index contributed by atoms with van der Waals surface area (Å²) in [5, 5.41) is 28.0. The van der Waals surface area contributed by atoms with Crippen LogP contribution in [0, 0.1) is 34.0 Å². The Balaban J connectivity index is 1.99. The minimum Gasteiger partial charge on any atom is -0.413 e. The maximum absolute atomic E-state index is 13.5.